The molecule has 0 N–H and O–H groups in total. The molecule has 1 atom stereocenters. The van der Waals surface area contributed by atoms with E-state index in [0.717, 1.165) is 41.9 Å². The van der Waals surface area contributed by atoms with Gasteiger partial charge in [0, 0.05) is 33.4 Å². The molecule has 0 bridgehead atoms. The lowest BCUT2D eigenvalue weighted by Crippen LogP contribution is -2.23. The zero-order valence-electron chi connectivity index (χ0n) is 14.2. The molecule has 1 aliphatic heterocycles. The number of thiazole rings is 1. The predicted molar refractivity (Wildman–Crippen MR) is 94.1 cm³/mol. The maximum Gasteiger partial charge on any atom is 0.227 e. The third-order valence-corrected chi connectivity index (χ3v) is 5.58. The number of hydrogen-bond acceptors (Lipinski definition) is 6. The zero-order valence-corrected chi connectivity index (χ0v) is 15.0. The molecule has 1 unspecified atom stereocenters. The van der Waals surface area contributed by atoms with E-state index in [1.165, 1.54) is 12.0 Å². The number of aromatic nitrogens is 6. The molecule has 0 amide bonds. The fourth-order valence-electron chi connectivity index (χ4n) is 3.40. The number of hydrogen-bond donors (Lipinski definition) is 0. The van der Waals surface area contributed by atoms with Crippen LogP contribution in [0.15, 0.2) is 17.9 Å². The van der Waals surface area contributed by atoms with Crippen molar-refractivity contribution in [2.24, 2.45) is 20.0 Å². The van der Waals surface area contributed by atoms with Gasteiger partial charge in [-0.1, -0.05) is 0 Å². The van der Waals surface area contributed by atoms with E-state index in [2.05, 4.69) is 35.9 Å². The first kappa shape index (κ1) is 15.3. The minimum atomic E-state index is 0.638. The fraction of sp³-hybridized carbons (Fsp3) is 0.500. The van der Waals surface area contributed by atoms with E-state index >= 15 is 0 Å². The average Bonchev–Trinajstić information content (AvgIpc) is 3.30. The molecule has 4 rings (SSSR count). The van der Waals surface area contributed by atoms with Crippen LogP contribution in [0.2, 0.25) is 0 Å². The van der Waals surface area contributed by atoms with Gasteiger partial charge in [-0.2, -0.15) is 5.10 Å². The summed E-state index contributed by atoms with van der Waals surface area (Å²) in [5.41, 5.74) is 4.18. The molecule has 0 radical (unpaired) electrons. The van der Waals surface area contributed by atoms with Crippen molar-refractivity contribution in [2.75, 3.05) is 18.0 Å². The molecule has 4 heterocycles. The van der Waals surface area contributed by atoms with Crippen molar-refractivity contribution in [3.63, 3.8) is 0 Å². The summed E-state index contributed by atoms with van der Waals surface area (Å²) in [6.45, 7) is 4.06. The second kappa shape index (κ2) is 6.01. The maximum atomic E-state index is 4.44. The summed E-state index contributed by atoms with van der Waals surface area (Å²) in [7, 11) is 4.01. The van der Waals surface area contributed by atoms with Crippen molar-refractivity contribution in [3.8, 4) is 10.7 Å². The molecule has 1 aliphatic rings. The Labute approximate surface area is 145 Å². The smallest absolute Gasteiger partial charge is 0.227 e. The molecule has 0 spiro atoms. The third kappa shape index (κ3) is 2.71. The second-order valence-corrected chi connectivity index (χ2v) is 7.33. The van der Waals surface area contributed by atoms with Crippen molar-refractivity contribution in [1.82, 2.24) is 29.5 Å². The largest absolute Gasteiger partial charge is 0.341 e. The van der Waals surface area contributed by atoms with Crippen LogP contribution >= 0.6 is 11.3 Å². The molecule has 24 heavy (non-hydrogen) atoms. The van der Waals surface area contributed by atoms with Crippen LogP contribution in [0.5, 0.6) is 0 Å². The normalized spacial score (nSPS) is 17.8. The highest BCUT2D eigenvalue weighted by molar-refractivity contribution is 7.13. The molecule has 8 heteroatoms. The van der Waals surface area contributed by atoms with Gasteiger partial charge < -0.3 is 4.90 Å². The number of nitrogens with zero attached hydrogens (tertiary/aromatic N) is 7. The molecule has 0 saturated carbocycles. The van der Waals surface area contributed by atoms with Crippen LogP contribution in [0, 0.1) is 12.8 Å². The van der Waals surface area contributed by atoms with Gasteiger partial charge in [-0.05, 0) is 31.2 Å². The van der Waals surface area contributed by atoms with Crippen LogP contribution < -0.4 is 4.90 Å². The van der Waals surface area contributed by atoms with Crippen molar-refractivity contribution in [2.45, 2.75) is 19.8 Å². The van der Waals surface area contributed by atoms with Crippen LogP contribution in [0.4, 0.5) is 5.95 Å². The minimum absolute atomic E-state index is 0.638. The fourth-order valence-corrected chi connectivity index (χ4v) is 4.22. The molecule has 3 aromatic heterocycles. The van der Waals surface area contributed by atoms with E-state index in [1.54, 1.807) is 11.3 Å². The van der Waals surface area contributed by atoms with Crippen LogP contribution in [-0.2, 0) is 20.5 Å². The SMILES string of the molecule is Cc1ncsc1-c1nnc(N2CCC(Cc3cnn(C)c3)C2)n1C. The summed E-state index contributed by atoms with van der Waals surface area (Å²) >= 11 is 1.62. The second-order valence-electron chi connectivity index (χ2n) is 6.48. The minimum Gasteiger partial charge on any atom is -0.341 e. The Bertz CT molecular complexity index is 846. The highest BCUT2D eigenvalue weighted by Gasteiger charge is 2.27. The van der Waals surface area contributed by atoms with E-state index in [0.29, 0.717) is 5.92 Å². The van der Waals surface area contributed by atoms with Gasteiger partial charge >= 0.3 is 0 Å². The Kier molecular flexibility index (Phi) is 3.84. The number of anilines is 1. The first-order chi connectivity index (χ1) is 11.6. The van der Waals surface area contributed by atoms with Gasteiger partial charge in [-0.25, -0.2) is 4.98 Å². The Hall–Kier alpha value is -2.22. The van der Waals surface area contributed by atoms with Gasteiger partial charge in [0.05, 0.1) is 22.3 Å². The maximum absolute atomic E-state index is 4.44. The Morgan fingerprint density at radius 1 is 1.29 bits per heavy atom. The quantitative estimate of drug-likeness (QED) is 0.725. The van der Waals surface area contributed by atoms with E-state index in [1.807, 2.05) is 37.4 Å². The number of rotatable bonds is 4. The summed E-state index contributed by atoms with van der Waals surface area (Å²) in [5, 5.41) is 13.1. The molecular weight excluding hydrogens is 322 g/mol. The molecule has 7 nitrogen and oxygen atoms in total. The molecule has 126 valence electrons. The summed E-state index contributed by atoms with van der Waals surface area (Å²) in [4.78, 5) is 7.76. The molecule has 0 aromatic carbocycles. The van der Waals surface area contributed by atoms with Gasteiger partial charge in [0.1, 0.15) is 0 Å². The van der Waals surface area contributed by atoms with E-state index in [-0.39, 0.29) is 0 Å². The van der Waals surface area contributed by atoms with Crippen LogP contribution in [0.1, 0.15) is 17.7 Å². The molecule has 0 aliphatic carbocycles. The molecule has 1 fully saturated rings. The molecule has 1 saturated heterocycles. The topological polar surface area (TPSA) is 64.7 Å². The number of aryl methyl sites for hydroxylation is 2. The Balaban J connectivity index is 1.49. The van der Waals surface area contributed by atoms with Crippen LogP contribution in [-0.4, -0.2) is 42.6 Å². The van der Waals surface area contributed by atoms with Crippen molar-refractivity contribution < 1.29 is 0 Å². The van der Waals surface area contributed by atoms with Crippen LogP contribution in [0.25, 0.3) is 10.7 Å². The lowest BCUT2D eigenvalue weighted by atomic mass is 10.0. The van der Waals surface area contributed by atoms with Gasteiger partial charge in [0.2, 0.25) is 5.95 Å². The van der Waals surface area contributed by atoms with Crippen molar-refractivity contribution in [1.29, 1.82) is 0 Å². The first-order valence-electron chi connectivity index (χ1n) is 8.14. The summed E-state index contributed by atoms with van der Waals surface area (Å²) in [5.74, 6) is 2.49. The first-order valence-corrected chi connectivity index (χ1v) is 9.02. The molecule has 3 aromatic rings. The molecular formula is C16H21N7S. The van der Waals surface area contributed by atoms with E-state index in [9.17, 15) is 0 Å². The third-order valence-electron chi connectivity index (χ3n) is 4.65. The standard InChI is InChI=1S/C16H21N7S/c1-11-14(24-10-17-11)15-19-20-16(22(15)3)23-5-4-12(9-23)6-13-7-18-21(2)8-13/h7-8,10,12H,4-6,9H2,1-3H3. The van der Waals surface area contributed by atoms with Crippen LogP contribution in [0.3, 0.4) is 0 Å². The lowest BCUT2D eigenvalue weighted by Gasteiger charge is -2.17. The lowest BCUT2D eigenvalue weighted by molar-refractivity contribution is 0.584. The van der Waals surface area contributed by atoms with Gasteiger partial charge in [0.15, 0.2) is 5.82 Å². The van der Waals surface area contributed by atoms with E-state index in [4.69, 9.17) is 0 Å². The Morgan fingerprint density at radius 2 is 2.17 bits per heavy atom. The monoisotopic (exact) mass is 343 g/mol. The van der Waals surface area contributed by atoms with Gasteiger partial charge in [-0.3, -0.25) is 9.25 Å². The van der Waals surface area contributed by atoms with E-state index < -0.39 is 0 Å². The average molecular weight is 343 g/mol. The highest BCUT2D eigenvalue weighted by Crippen LogP contribution is 2.30. The summed E-state index contributed by atoms with van der Waals surface area (Å²) in [6, 6.07) is 0. The summed E-state index contributed by atoms with van der Waals surface area (Å²) < 4.78 is 3.96. The highest BCUT2D eigenvalue weighted by atomic mass is 32.1. The predicted octanol–water partition coefficient (Wildman–Crippen LogP) is 2.05. The van der Waals surface area contributed by atoms with Crippen molar-refractivity contribution >= 4 is 17.3 Å². The van der Waals surface area contributed by atoms with Crippen molar-refractivity contribution in [3.05, 3.63) is 29.2 Å². The Morgan fingerprint density at radius 3 is 2.88 bits per heavy atom. The summed E-state index contributed by atoms with van der Waals surface area (Å²) in [6.07, 6.45) is 6.32. The van der Waals surface area contributed by atoms with Gasteiger partial charge in [0.25, 0.3) is 0 Å². The zero-order chi connectivity index (χ0) is 16.7. The van der Waals surface area contributed by atoms with Gasteiger partial charge in [-0.15, -0.1) is 21.5 Å².